The maximum Gasteiger partial charge on any atom is 0.293 e. The Balaban J connectivity index is 1.54. The highest BCUT2D eigenvalue weighted by molar-refractivity contribution is 7.14. The van der Waals surface area contributed by atoms with Gasteiger partial charge in [0.05, 0.1) is 38.1 Å². The normalized spacial score (nSPS) is 11.6. The first-order valence-electron chi connectivity index (χ1n) is 9.88. The lowest BCUT2D eigenvalue weighted by molar-refractivity contribution is -0.121. The predicted octanol–water partition coefficient (Wildman–Crippen LogP) is 3.44. The number of anilines is 1. The van der Waals surface area contributed by atoms with Gasteiger partial charge < -0.3 is 23.9 Å². The van der Waals surface area contributed by atoms with Crippen molar-refractivity contribution in [2.24, 2.45) is 0 Å². The third kappa shape index (κ3) is 6.32. The number of benzene rings is 1. The molecule has 1 aromatic carbocycles. The number of nitrogens with zero attached hydrogens (tertiary/aromatic N) is 1. The lowest BCUT2D eigenvalue weighted by atomic mass is 10.1. The second kappa shape index (κ2) is 11.3. The number of nitrogens with one attached hydrogen (secondary N) is 2. The van der Waals surface area contributed by atoms with Crippen LogP contribution < -0.4 is 20.1 Å². The molecule has 0 bridgehead atoms. The van der Waals surface area contributed by atoms with Gasteiger partial charge in [0.1, 0.15) is 6.61 Å². The van der Waals surface area contributed by atoms with Gasteiger partial charge in [-0.1, -0.05) is 6.07 Å². The van der Waals surface area contributed by atoms with E-state index in [4.69, 9.17) is 18.6 Å². The molecule has 0 aliphatic heterocycles. The Morgan fingerprint density at radius 3 is 2.75 bits per heavy atom. The molecule has 2 amide bonds. The van der Waals surface area contributed by atoms with Gasteiger partial charge >= 0.3 is 0 Å². The highest BCUT2D eigenvalue weighted by atomic mass is 32.1. The molecular weight excluding hydrogens is 434 g/mol. The zero-order valence-corrected chi connectivity index (χ0v) is 18.9. The molecule has 0 radical (unpaired) electrons. The van der Waals surface area contributed by atoms with Gasteiger partial charge in [-0.2, -0.15) is 0 Å². The third-order valence-electron chi connectivity index (χ3n) is 4.47. The summed E-state index contributed by atoms with van der Waals surface area (Å²) in [5.41, 5.74) is 1.44. The highest BCUT2D eigenvalue weighted by Crippen LogP contribution is 2.30. The van der Waals surface area contributed by atoms with E-state index in [9.17, 15) is 9.59 Å². The molecule has 2 N–H and O–H groups in total. The molecule has 0 spiro atoms. The fourth-order valence-electron chi connectivity index (χ4n) is 2.86. The Labute approximate surface area is 189 Å². The molecule has 9 nitrogen and oxygen atoms in total. The number of rotatable bonds is 11. The second-order valence-electron chi connectivity index (χ2n) is 6.79. The molecule has 0 aliphatic rings. The molecule has 2 heterocycles. The van der Waals surface area contributed by atoms with Crippen LogP contribution in [-0.2, 0) is 16.0 Å². The largest absolute Gasteiger partial charge is 0.493 e. The lowest BCUT2D eigenvalue weighted by Gasteiger charge is -2.17. The van der Waals surface area contributed by atoms with Gasteiger partial charge in [0.25, 0.3) is 5.91 Å². The van der Waals surface area contributed by atoms with E-state index in [2.05, 4.69) is 15.6 Å². The smallest absolute Gasteiger partial charge is 0.293 e. The number of furan rings is 1. The van der Waals surface area contributed by atoms with E-state index in [0.717, 1.165) is 5.56 Å². The quantitative estimate of drug-likeness (QED) is 0.423. The van der Waals surface area contributed by atoms with Gasteiger partial charge in [-0.15, -0.1) is 11.3 Å². The monoisotopic (exact) mass is 459 g/mol. The molecule has 170 valence electrons. The van der Waals surface area contributed by atoms with E-state index in [0.29, 0.717) is 35.5 Å². The maximum atomic E-state index is 12.5. The molecule has 3 aromatic rings. The van der Waals surface area contributed by atoms with Gasteiger partial charge in [-0.25, -0.2) is 4.98 Å². The number of methoxy groups -OCH3 is 2. The van der Waals surface area contributed by atoms with Crippen LogP contribution >= 0.6 is 11.3 Å². The van der Waals surface area contributed by atoms with Crippen LogP contribution in [0.3, 0.4) is 0 Å². The number of amides is 2. The van der Waals surface area contributed by atoms with Gasteiger partial charge in [-0.3, -0.25) is 14.9 Å². The maximum absolute atomic E-state index is 12.5. The van der Waals surface area contributed by atoms with Gasteiger partial charge in [0.15, 0.2) is 22.4 Å². The van der Waals surface area contributed by atoms with Crippen LogP contribution in [0.2, 0.25) is 0 Å². The van der Waals surface area contributed by atoms with E-state index in [1.165, 1.54) is 17.6 Å². The summed E-state index contributed by atoms with van der Waals surface area (Å²) in [5.74, 6) is 0.803. The fraction of sp³-hybridized carbons (Fsp3) is 0.318. The molecule has 10 heteroatoms. The van der Waals surface area contributed by atoms with Gasteiger partial charge in [0.2, 0.25) is 5.91 Å². The lowest BCUT2D eigenvalue weighted by Crippen LogP contribution is -2.28. The first-order chi connectivity index (χ1) is 15.5. The molecule has 2 aromatic heterocycles. The van der Waals surface area contributed by atoms with Gasteiger partial charge in [-0.05, 0) is 36.8 Å². The average Bonchev–Trinajstić information content (AvgIpc) is 3.46. The number of hydrogen-bond acceptors (Lipinski definition) is 8. The van der Waals surface area contributed by atoms with Crippen molar-refractivity contribution < 1.29 is 28.2 Å². The molecule has 1 atom stereocenters. The number of hydrogen-bond donors (Lipinski definition) is 2. The number of carbonyl (C=O) groups excluding carboxylic acids is 2. The van der Waals surface area contributed by atoms with Gasteiger partial charge in [0, 0.05) is 12.5 Å². The zero-order chi connectivity index (χ0) is 22.9. The predicted molar refractivity (Wildman–Crippen MR) is 119 cm³/mol. The first-order valence-corrected chi connectivity index (χ1v) is 10.8. The van der Waals surface area contributed by atoms with E-state index in [-0.39, 0.29) is 24.1 Å². The molecule has 0 saturated heterocycles. The molecule has 0 aliphatic carbocycles. The second-order valence-corrected chi connectivity index (χ2v) is 7.65. The summed E-state index contributed by atoms with van der Waals surface area (Å²) in [4.78, 5) is 28.8. The topological polar surface area (TPSA) is 112 Å². The Morgan fingerprint density at radius 2 is 2.03 bits per heavy atom. The van der Waals surface area contributed by atoms with Crippen LogP contribution in [-0.4, -0.2) is 44.2 Å². The summed E-state index contributed by atoms with van der Waals surface area (Å²) < 4.78 is 21.1. The number of aromatic nitrogens is 1. The summed E-state index contributed by atoms with van der Waals surface area (Å²) in [5, 5.41) is 7.73. The zero-order valence-electron chi connectivity index (χ0n) is 18.0. The minimum Gasteiger partial charge on any atom is -0.493 e. The Bertz CT molecular complexity index is 1030. The first kappa shape index (κ1) is 23.3. The summed E-state index contributed by atoms with van der Waals surface area (Å²) >= 11 is 1.24. The van der Waals surface area contributed by atoms with Crippen molar-refractivity contribution >= 4 is 28.3 Å². The van der Waals surface area contributed by atoms with Crippen LogP contribution in [0.1, 0.15) is 34.8 Å². The Kier molecular flexibility index (Phi) is 8.23. The Morgan fingerprint density at radius 1 is 1.19 bits per heavy atom. The molecule has 32 heavy (non-hydrogen) atoms. The summed E-state index contributed by atoms with van der Waals surface area (Å²) in [6, 6.07) is 8.46. The molecule has 0 saturated carbocycles. The molecule has 0 fully saturated rings. The average molecular weight is 460 g/mol. The van der Waals surface area contributed by atoms with Crippen molar-refractivity contribution in [2.75, 3.05) is 32.8 Å². The van der Waals surface area contributed by atoms with Crippen molar-refractivity contribution in [2.45, 2.75) is 19.4 Å². The number of carbonyl (C=O) groups is 2. The fourth-order valence-corrected chi connectivity index (χ4v) is 3.57. The Hall–Kier alpha value is -3.37. The van der Waals surface area contributed by atoms with Crippen molar-refractivity contribution in [1.82, 2.24) is 10.3 Å². The summed E-state index contributed by atoms with van der Waals surface area (Å²) in [6.45, 7) is 2.77. The van der Waals surface area contributed by atoms with Crippen molar-refractivity contribution in [3.8, 4) is 11.5 Å². The van der Waals surface area contributed by atoms with Crippen LogP contribution in [0.15, 0.2) is 46.4 Å². The van der Waals surface area contributed by atoms with Crippen molar-refractivity contribution in [3.05, 3.63) is 59.0 Å². The molecular formula is C22H25N3O6S. The SMILES string of the molecule is COCCOc1ccc(C(C)NC(=O)Cc2csc(NC(=O)c3ccco3)n2)cc1OC. The number of thiazole rings is 1. The van der Waals surface area contributed by atoms with E-state index >= 15 is 0 Å². The van der Waals surface area contributed by atoms with Crippen molar-refractivity contribution in [3.63, 3.8) is 0 Å². The van der Waals surface area contributed by atoms with E-state index in [1.807, 2.05) is 19.1 Å². The standard InChI is InChI=1S/C22H25N3O6S/c1-14(15-6-7-17(19(11-15)29-3)31-10-9-28-2)23-20(26)12-16-13-32-22(24-16)25-21(27)18-5-4-8-30-18/h4-8,11,13-14H,9-10,12H2,1-3H3,(H,23,26)(H,24,25,27). The van der Waals surface area contributed by atoms with E-state index in [1.54, 1.807) is 37.8 Å². The van der Waals surface area contributed by atoms with E-state index < -0.39 is 5.91 Å². The van der Waals surface area contributed by atoms with Crippen LogP contribution in [0.4, 0.5) is 5.13 Å². The minimum atomic E-state index is -0.391. The van der Waals surface area contributed by atoms with Crippen LogP contribution in [0, 0.1) is 0 Å². The number of ether oxygens (including phenoxy) is 3. The van der Waals surface area contributed by atoms with Crippen molar-refractivity contribution in [1.29, 1.82) is 0 Å². The third-order valence-corrected chi connectivity index (χ3v) is 5.28. The summed E-state index contributed by atoms with van der Waals surface area (Å²) in [6.07, 6.45) is 1.51. The van der Waals surface area contributed by atoms with Crippen LogP contribution in [0.25, 0.3) is 0 Å². The molecule has 1 unspecified atom stereocenters. The molecule has 3 rings (SSSR count). The highest BCUT2D eigenvalue weighted by Gasteiger charge is 2.16. The van der Waals surface area contributed by atoms with Crippen LogP contribution in [0.5, 0.6) is 11.5 Å². The minimum absolute atomic E-state index is 0.0901. The summed E-state index contributed by atoms with van der Waals surface area (Å²) in [7, 11) is 3.17.